The third-order valence-electron chi connectivity index (χ3n) is 4.59. The second kappa shape index (κ2) is 9.59. The van der Waals surface area contributed by atoms with Crippen molar-refractivity contribution in [1.29, 1.82) is 0 Å². The van der Waals surface area contributed by atoms with Crippen molar-refractivity contribution in [2.45, 2.75) is 6.10 Å². The zero-order valence-electron chi connectivity index (χ0n) is 16.5. The lowest BCUT2D eigenvalue weighted by Crippen LogP contribution is -2.50. The molecule has 0 spiro atoms. The molecule has 0 aromatic heterocycles. The lowest BCUT2D eigenvalue weighted by molar-refractivity contribution is -0.384. The highest BCUT2D eigenvalue weighted by molar-refractivity contribution is 5.86. The molecule has 1 aliphatic heterocycles. The van der Waals surface area contributed by atoms with Crippen molar-refractivity contribution in [2.24, 2.45) is 0 Å². The second-order valence-electron chi connectivity index (χ2n) is 6.65. The number of hydrogen-bond acceptors (Lipinski definition) is 7. The summed E-state index contributed by atoms with van der Waals surface area (Å²) in [4.78, 5) is 36.4. The van der Waals surface area contributed by atoms with E-state index in [1.165, 1.54) is 12.1 Å². The highest BCUT2D eigenvalue weighted by Gasteiger charge is 2.30. The summed E-state index contributed by atoms with van der Waals surface area (Å²) in [5, 5.41) is 19.2. The van der Waals surface area contributed by atoms with Crippen molar-refractivity contribution >= 4 is 28.9 Å². The summed E-state index contributed by atoms with van der Waals surface area (Å²) in [5.41, 5.74) is 1.51. The van der Waals surface area contributed by atoms with Crippen LogP contribution in [0.3, 0.4) is 0 Å². The predicted molar refractivity (Wildman–Crippen MR) is 112 cm³/mol. The first-order chi connectivity index (χ1) is 14.5. The Bertz CT molecular complexity index is 918. The van der Waals surface area contributed by atoms with Gasteiger partial charge in [0.05, 0.1) is 23.7 Å². The van der Waals surface area contributed by atoms with Gasteiger partial charge in [0, 0.05) is 38.0 Å². The van der Waals surface area contributed by atoms with Crippen molar-refractivity contribution < 1.29 is 19.2 Å². The van der Waals surface area contributed by atoms with Crippen LogP contribution in [0.25, 0.3) is 0 Å². The number of hydrogen-bond donors (Lipinski definition) is 3. The SMILES string of the molecule is CNC(=O)[C@H]1CN(CC(=O)NCCNc2ccc([N+](=O)[O-])cc2)c2ccccc2O1. The maximum atomic E-state index is 12.4. The summed E-state index contributed by atoms with van der Waals surface area (Å²) in [6.45, 7) is 1.20. The standard InChI is InChI=1S/C20H23N5O5/c1-21-20(27)18-12-24(16-4-2-3-5-17(16)30-18)13-19(26)23-11-10-22-14-6-8-15(9-7-14)25(28)29/h2-9,18,22H,10-13H2,1H3,(H,21,27)(H,23,26)/t18-/m1/s1. The Kier molecular flexibility index (Phi) is 6.68. The van der Waals surface area contributed by atoms with Crippen molar-refractivity contribution in [3.8, 4) is 5.75 Å². The smallest absolute Gasteiger partial charge is 0.269 e. The molecule has 10 heteroatoms. The van der Waals surface area contributed by atoms with Gasteiger partial charge >= 0.3 is 0 Å². The molecule has 0 saturated heterocycles. The Hall–Kier alpha value is -3.82. The highest BCUT2D eigenvalue weighted by Crippen LogP contribution is 2.32. The summed E-state index contributed by atoms with van der Waals surface area (Å²) in [6.07, 6.45) is -0.693. The summed E-state index contributed by atoms with van der Waals surface area (Å²) in [5.74, 6) is 0.125. The van der Waals surface area contributed by atoms with Crippen molar-refractivity contribution in [3.05, 3.63) is 58.6 Å². The molecule has 158 valence electrons. The van der Waals surface area contributed by atoms with Crippen LogP contribution in [0.2, 0.25) is 0 Å². The van der Waals surface area contributed by atoms with Gasteiger partial charge in [0.25, 0.3) is 11.6 Å². The predicted octanol–water partition coefficient (Wildman–Crippen LogP) is 1.14. The zero-order chi connectivity index (χ0) is 21.5. The average molecular weight is 413 g/mol. The molecule has 2 aromatic carbocycles. The zero-order valence-corrected chi connectivity index (χ0v) is 16.5. The number of non-ortho nitro benzene ring substituents is 1. The summed E-state index contributed by atoms with van der Waals surface area (Å²) in [6, 6.07) is 13.3. The number of rotatable bonds is 8. The summed E-state index contributed by atoms with van der Waals surface area (Å²) < 4.78 is 5.73. The lowest BCUT2D eigenvalue weighted by Gasteiger charge is -2.35. The molecule has 1 atom stereocenters. The van der Waals surface area contributed by atoms with Crippen LogP contribution in [-0.2, 0) is 9.59 Å². The van der Waals surface area contributed by atoms with Gasteiger partial charge in [-0.3, -0.25) is 19.7 Å². The molecule has 0 saturated carbocycles. The first kappa shape index (κ1) is 20.9. The topological polar surface area (TPSA) is 126 Å². The number of nitro groups is 1. The van der Waals surface area contributed by atoms with E-state index in [0.717, 1.165) is 11.4 Å². The van der Waals surface area contributed by atoms with Gasteiger partial charge in [-0.15, -0.1) is 0 Å². The molecule has 3 rings (SSSR count). The minimum absolute atomic E-state index is 0.0229. The number of nitrogens with one attached hydrogen (secondary N) is 3. The number of amides is 2. The van der Waals surface area contributed by atoms with Crippen molar-refractivity contribution in [2.75, 3.05) is 43.4 Å². The van der Waals surface area contributed by atoms with Gasteiger partial charge in [-0.2, -0.15) is 0 Å². The Morgan fingerprint density at radius 1 is 1.17 bits per heavy atom. The normalized spacial score (nSPS) is 14.8. The quantitative estimate of drug-likeness (QED) is 0.337. The molecule has 3 N–H and O–H groups in total. The lowest BCUT2D eigenvalue weighted by atomic mass is 10.1. The number of carbonyl (C=O) groups excluding carboxylic acids is 2. The molecule has 0 unspecified atom stereocenters. The van der Waals surface area contributed by atoms with E-state index in [0.29, 0.717) is 18.8 Å². The molecule has 1 heterocycles. The fourth-order valence-electron chi connectivity index (χ4n) is 3.09. The monoisotopic (exact) mass is 413 g/mol. The van der Waals surface area contributed by atoms with Gasteiger partial charge in [0.1, 0.15) is 5.75 Å². The van der Waals surface area contributed by atoms with E-state index in [1.807, 2.05) is 23.1 Å². The molecule has 2 aromatic rings. The number of likely N-dealkylation sites (N-methyl/N-ethyl adjacent to an activating group) is 1. The Morgan fingerprint density at radius 3 is 2.60 bits per heavy atom. The first-order valence-corrected chi connectivity index (χ1v) is 9.45. The van der Waals surface area contributed by atoms with Crippen LogP contribution < -0.4 is 25.6 Å². The maximum Gasteiger partial charge on any atom is 0.269 e. The minimum Gasteiger partial charge on any atom is -0.477 e. The molecule has 10 nitrogen and oxygen atoms in total. The summed E-state index contributed by atoms with van der Waals surface area (Å²) in [7, 11) is 1.54. The Labute approximate surface area is 173 Å². The van der Waals surface area contributed by atoms with Gasteiger partial charge in [-0.25, -0.2) is 0 Å². The van der Waals surface area contributed by atoms with Crippen LogP contribution in [0, 0.1) is 10.1 Å². The van der Waals surface area contributed by atoms with Crippen LogP contribution in [0.1, 0.15) is 0 Å². The van der Waals surface area contributed by atoms with Crippen LogP contribution in [0.15, 0.2) is 48.5 Å². The number of nitro benzene ring substituents is 1. The molecule has 30 heavy (non-hydrogen) atoms. The van der Waals surface area contributed by atoms with Crippen LogP contribution in [0.5, 0.6) is 5.75 Å². The maximum absolute atomic E-state index is 12.4. The molecule has 0 bridgehead atoms. The van der Waals surface area contributed by atoms with Gasteiger partial charge in [-0.05, 0) is 24.3 Å². The molecule has 0 aliphatic carbocycles. The Morgan fingerprint density at radius 2 is 1.90 bits per heavy atom. The Balaban J connectivity index is 1.50. The van der Waals surface area contributed by atoms with Gasteiger partial charge in [0.2, 0.25) is 5.91 Å². The second-order valence-corrected chi connectivity index (χ2v) is 6.65. The minimum atomic E-state index is -0.693. The number of fused-ring (bicyclic) bond motifs is 1. The van der Waals surface area contributed by atoms with E-state index in [1.54, 1.807) is 25.2 Å². The van der Waals surface area contributed by atoms with E-state index in [2.05, 4.69) is 16.0 Å². The number of benzene rings is 2. The molecular weight excluding hydrogens is 390 g/mol. The van der Waals surface area contributed by atoms with Crippen LogP contribution >= 0.6 is 0 Å². The van der Waals surface area contributed by atoms with E-state index >= 15 is 0 Å². The van der Waals surface area contributed by atoms with Gasteiger partial charge < -0.3 is 25.6 Å². The molecule has 2 amide bonds. The van der Waals surface area contributed by atoms with Crippen LogP contribution in [0.4, 0.5) is 17.1 Å². The number of carbonyl (C=O) groups is 2. The first-order valence-electron chi connectivity index (χ1n) is 9.45. The van der Waals surface area contributed by atoms with E-state index < -0.39 is 11.0 Å². The fraction of sp³-hybridized carbons (Fsp3) is 0.300. The highest BCUT2D eigenvalue weighted by atomic mass is 16.6. The van der Waals surface area contributed by atoms with E-state index in [9.17, 15) is 19.7 Å². The number of para-hydroxylation sites is 2. The third kappa shape index (κ3) is 5.16. The van der Waals surface area contributed by atoms with Gasteiger partial charge in [-0.1, -0.05) is 12.1 Å². The third-order valence-corrected chi connectivity index (χ3v) is 4.59. The van der Waals surface area contributed by atoms with E-state index in [-0.39, 0.29) is 30.6 Å². The molecule has 1 aliphatic rings. The van der Waals surface area contributed by atoms with Crippen molar-refractivity contribution in [1.82, 2.24) is 10.6 Å². The average Bonchev–Trinajstić information content (AvgIpc) is 2.76. The fourth-order valence-corrected chi connectivity index (χ4v) is 3.09. The van der Waals surface area contributed by atoms with Crippen LogP contribution in [-0.4, -0.2) is 56.1 Å². The largest absolute Gasteiger partial charge is 0.477 e. The molecule has 0 radical (unpaired) electrons. The number of anilines is 2. The van der Waals surface area contributed by atoms with Gasteiger partial charge in [0.15, 0.2) is 6.10 Å². The molecular formula is C20H23N5O5. The van der Waals surface area contributed by atoms with Crippen molar-refractivity contribution in [3.63, 3.8) is 0 Å². The number of nitrogens with zero attached hydrogens (tertiary/aromatic N) is 2. The summed E-state index contributed by atoms with van der Waals surface area (Å²) >= 11 is 0. The molecule has 0 fully saturated rings. The van der Waals surface area contributed by atoms with E-state index in [4.69, 9.17) is 4.74 Å². The number of ether oxygens (including phenoxy) is 1.